The molecule has 0 aromatic carbocycles. The number of amides is 3. The maximum absolute atomic E-state index is 12.4. The monoisotopic (exact) mass is 412 g/mol. The summed E-state index contributed by atoms with van der Waals surface area (Å²) < 4.78 is 0. The Bertz CT molecular complexity index is 736. The van der Waals surface area contributed by atoms with Crippen LogP contribution in [0, 0.1) is 0 Å². The highest BCUT2D eigenvalue weighted by atomic mass is 16.4. The summed E-state index contributed by atoms with van der Waals surface area (Å²) in [6.07, 6.45) is 1.72. The first-order valence-electron chi connectivity index (χ1n) is 8.66. The number of carbonyl (C=O) groups excluding carboxylic acids is 3. The van der Waals surface area contributed by atoms with Gasteiger partial charge in [0.2, 0.25) is 17.7 Å². The van der Waals surface area contributed by atoms with Crippen LogP contribution in [-0.2, 0) is 30.4 Å². The molecule has 13 nitrogen and oxygen atoms in total. The Kier molecular flexibility index (Phi) is 9.25. The summed E-state index contributed by atoms with van der Waals surface area (Å²) in [5.41, 5.74) is 11.5. The zero-order chi connectivity index (χ0) is 22.0. The minimum absolute atomic E-state index is 0.104. The summed E-state index contributed by atoms with van der Waals surface area (Å²) in [5, 5.41) is 22.4. The third-order valence-electron chi connectivity index (χ3n) is 3.91. The molecule has 3 amide bonds. The molecular formula is C16H24N6O7. The van der Waals surface area contributed by atoms with Crippen molar-refractivity contribution < 1.29 is 34.2 Å². The van der Waals surface area contributed by atoms with Crippen molar-refractivity contribution >= 4 is 29.7 Å². The van der Waals surface area contributed by atoms with Gasteiger partial charge in [0, 0.05) is 31.2 Å². The number of carboxylic acid groups (broad SMARTS) is 2. The van der Waals surface area contributed by atoms with Gasteiger partial charge < -0.3 is 37.3 Å². The average molecular weight is 412 g/mol. The van der Waals surface area contributed by atoms with E-state index in [4.69, 9.17) is 21.7 Å². The maximum Gasteiger partial charge on any atom is 0.326 e. The molecule has 0 aliphatic heterocycles. The maximum atomic E-state index is 12.4. The number of nitrogens with one attached hydrogen (secondary N) is 3. The predicted molar refractivity (Wildman–Crippen MR) is 97.1 cm³/mol. The molecule has 0 saturated heterocycles. The van der Waals surface area contributed by atoms with Crippen molar-refractivity contribution in [3.8, 4) is 0 Å². The molecule has 1 heterocycles. The summed E-state index contributed by atoms with van der Waals surface area (Å²) in [7, 11) is 0. The van der Waals surface area contributed by atoms with Gasteiger partial charge in [-0.25, -0.2) is 9.78 Å². The zero-order valence-corrected chi connectivity index (χ0v) is 15.5. The molecule has 0 aliphatic rings. The van der Waals surface area contributed by atoms with Gasteiger partial charge in [0.25, 0.3) is 0 Å². The van der Waals surface area contributed by atoms with Gasteiger partial charge in [-0.05, 0) is 12.8 Å². The number of H-pyrrole nitrogens is 1. The number of nitrogens with two attached hydrogens (primary N) is 2. The molecule has 0 fully saturated rings. The van der Waals surface area contributed by atoms with Crippen LogP contribution in [0.3, 0.4) is 0 Å². The molecule has 1 aromatic heterocycles. The molecular weight excluding hydrogens is 388 g/mol. The van der Waals surface area contributed by atoms with Crippen LogP contribution in [0.15, 0.2) is 12.5 Å². The second-order valence-electron chi connectivity index (χ2n) is 6.29. The van der Waals surface area contributed by atoms with Crippen LogP contribution in [0.4, 0.5) is 0 Å². The van der Waals surface area contributed by atoms with Crippen LogP contribution in [0.5, 0.6) is 0 Å². The number of primary amides is 1. The molecule has 160 valence electrons. The van der Waals surface area contributed by atoms with E-state index in [-0.39, 0.29) is 25.7 Å². The Balaban J connectivity index is 2.79. The van der Waals surface area contributed by atoms with Crippen molar-refractivity contribution in [2.45, 2.75) is 50.2 Å². The molecule has 29 heavy (non-hydrogen) atoms. The van der Waals surface area contributed by atoms with E-state index in [1.54, 1.807) is 0 Å². The number of imidazole rings is 1. The first-order chi connectivity index (χ1) is 13.6. The van der Waals surface area contributed by atoms with E-state index in [0.29, 0.717) is 5.69 Å². The van der Waals surface area contributed by atoms with Gasteiger partial charge in [-0.3, -0.25) is 19.2 Å². The van der Waals surface area contributed by atoms with Crippen LogP contribution in [-0.4, -0.2) is 68.0 Å². The van der Waals surface area contributed by atoms with Crippen molar-refractivity contribution in [3.63, 3.8) is 0 Å². The van der Waals surface area contributed by atoms with Crippen molar-refractivity contribution in [1.29, 1.82) is 0 Å². The van der Waals surface area contributed by atoms with Crippen LogP contribution < -0.4 is 22.1 Å². The summed E-state index contributed by atoms with van der Waals surface area (Å²) in [5.74, 6) is -4.99. The average Bonchev–Trinajstić information content (AvgIpc) is 3.13. The molecule has 0 spiro atoms. The number of hydrogen-bond donors (Lipinski definition) is 7. The third-order valence-corrected chi connectivity index (χ3v) is 3.91. The van der Waals surface area contributed by atoms with Gasteiger partial charge in [0.15, 0.2) is 0 Å². The van der Waals surface area contributed by atoms with Crippen LogP contribution in [0.25, 0.3) is 0 Å². The molecule has 1 rings (SSSR count). The lowest BCUT2D eigenvalue weighted by molar-refractivity contribution is -0.143. The van der Waals surface area contributed by atoms with E-state index in [2.05, 4.69) is 20.6 Å². The van der Waals surface area contributed by atoms with E-state index < -0.39 is 54.2 Å². The first-order valence-corrected chi connectivity index (χ1v) is 8.66. The first kappa shape index (κ1) is 23.6. The largest absolute Gasteiger partial charge is 0.481 e. The fraction of sp³-hybridized carbons (Fsp3) is 0.500. The lowest BCUT2D eigenvalue weighted by Gasteiger charge is -2.22. The number of aromatic amines is 1. The van der Waals surface area contributed by atoms with Gasteiger partial charge in [0.1, 0.15) is 12.1 Å². The topological polar surface area (TPSA) is 231 Å². The highest BCUT2D eigenvalue weighted by molar-refractivity contribution is 5.92. The molecule has 3 unspecified atom stereocenters. The lowest BCUT2D eigenvalue weighted by atomic mass is 10.1. The SMILES string of the molecule is NC(=O)CCC(NC(=O)C(N)Cc1cnc[nH]1)C(=O)NC(CCC(=O)O)C(=O)O. The molecule has 3 atom stereocenters. The summed E-state index contributed by atoms with van der Waals surface area (Å²) >= 11 is 0. The minimum atomic E-state index is -1.48. The summed E-state index contributed by atoms with van der Waals surface area (Å²) in [4.78, 5) is 64.3. The van der Waals surface area contributed by atoms with Gasteiger partial charge in [-0.1, -0.05) is 0 Å². The van der Waals surface area contributed by atoms with Crippen molar-refractivity contribution in [2.75, 3.05) is 0 Å². The van der Waals surface area contributed by atoms with E-state index in [0.717, 1.165) is 0 Å². The van der Waals surface area contributed by atoms with Gasteiger partial charge in [-0.2, -0.15) is 0 Å². The molecule has 13 heteroatoms. The van der Waals surface area contributed by atoms with Crippen molar-refractivity contribution in [3.05, 3.63) is 18.2 Å². The van der Waals surface area contributed by atoms with Crippen LogP contribution >= 0.6 is 0 Å². The number of nitrogens with zero attached hydrogens (tertiary/aromatic N) is 1. The van der Waals surface area contributed by atoms with Crippen molar-refractivity contribution in [1.82, 2.24) is 20.6 Å². The van der Waals surface area contributed by atoms with E-state index in [9.17, 15) is 24.0 Å². The Labute approximate surface area is 165 Å². The van der Waals surface area contributed by atoms with Gasteiger partial charge >= 0.3 is 11.9 Å². The molecule has 1 aromatic rings. The molecule has 0 saturated carbocycles. The normalized spacial score (nSPS) is 13.7. The van der Waals surface area contributed by atoms with Gasteiger partial charge in [-0.15, -0.1) is 0 Å². The Hall–Kier alpha value is -3.48. The van der Waals surface area contributed by atoms with Crippen molar-refractivity contribution in [2.24, 2.45) is 11.5 Å². The quantitative estimate of drug-likeness (QED) is 0.181. The zero-order valence-electron chi connectivity index (χ0n) is 15.5. The lowest BCUT2D eigenvalue weighted by Crippen LogP contribution is -2.55. The van der Waals surface area contributed by atoms with E-state index >= 15 is 0 Å². The number of carboxylic acids is 2. The second-order valence-corrected chi connectivity index (χ2v) is 6.29. The van der Waals surface area contributed by atoms with E-state index in [1.807, 2.05) is 0 Å². The van der Waals surface area contributed by atoms with Crippen LogP contribution in [0.1, 0.15) is 31.4 Å². The number of aromatic nitrogens is 2. The molecule has 0 bridgehead atoms. The fourth-order valence-corrected chi connectivity index (χ4v) is 2.36. The van der Waals surface area contributed by atoms with E-state index in [1.165, 1.54) is 12.5 Å². The summed E-state index contributed by atoms with van der Waals surface area (Å²) in [6, 6.07) is -3.80. The Morgan fingerprint density at radius 1 is 1.03 bits per heavy atom. The predicted octanol–water partition coefficient (Wildman–Crippen LogP) is -2.54. The molecule has 0 aliphatic carbocycles. The smallest absolute Gasteiger partial charge is 0.326 e. The number of aliphatic carboxylic acids is 2. The number of carbonyl (C=O) groups is 5. The van der Waals surface area contributed by atoms with Crippen LogP contribution in [0.2, 0.25) is 0 Å². The standard InChI is InChI=1S/C16H24N6O7/c17-9(5-8-6-19-7-20-8)14(26)21-10(1-3-12(18)23)15(27)22-11(16(28)29)2-4-13(24)25/h6-7,9-11H,1-5,17H2,(H2,18,23)(H,19,20)(H,21,26)(H,22,27)(H,24,25)(H,28,29). The highest BCUT2D eigenvalue weighted by Gasteiger charge is 2.28. The number of rotatable bonds is 13. The Morgan fingerprint density at radius 2 is 1.66 bits per heavy atom. The second kappa shape index (κ2) is 11.4. The molecule has 0 radical (unpaired) electrons. The summed E-state index contributed by atoms with van der Waals surface area (Å²) in [6.45, 7) is 0. The molecule has 9 N–H and O–H groups in total. The highest BCUT2D eigenvalue weighted by Crippen LogP contribution is 2.04. The third kappa shape index (κ3) is 8.83. The Morgan fingerprint density at radius 3 is 2.17 bits per heavy atom. The minimum Gasteiger partial charge on any atom is -0.481 e. The van der Waals surface area contributed by atoms with Gasteiger partial charge in [0.05, 0.1) is 12.4 Å². The number of hydrogen-bond acceptors (Lipinski definition) is 7. The fourth-order valence-electron chi connectivity index (χ4n) is 2.36.